The van der Waals surface area contributed by atoms with Crippen molar-refractivity contribution in [1.29, 1.82) is 0 Å². The summed E-state index contributed by atoms with van der Waals surface area (Å²) in [6.07, 6.45) is 1.86. The van der Waals surface area contributed by atoms with E-state index in [1.54, 1.807) is 0 Å². The molecular formula is C45H58N10O7. The largest absolute Gasteiger partial charge is 0.370 e. The summed E-state index contributed by atoms with van der Waals surface area (Å²) in [5, 5.41) is 17.0. The molecule has 2 heterocycles. The Morgan fingerprint density at radius 3 is 1.84 bits per heavy atom. The fourth-order valence-electron chi connectivity index (χ4n) is 7.68. The molecule has 0 spiro atoms. The first-order chi connectivity index (χ1) is 29.9. The molecule has 0 aliphatic carbocycles. The summed E-state index contributed by atoms with van der Waals surface area (Å²) in [6, 6.07) is 20.8. The van der Waals surface area contributed by atoms with Gasteiger partial charge in [0.25, 0.3) is 0 Å². The van der Waals surface area contributed by atoms with E-state index < -0.39 is 77.6 Å². The van der Waals surface area contributed by atoms with Gasteiger partial charge in [0.1, 0.15) is 36.3 Å². The van der Waals surface area contributed by atoms with Crippen LogP contribution in [0.4, 0.5) is 0 Å². The van der Waals surface area contributed by atoms with E-state index in [9.17, 15) is 33.6 Å². The molecular weight excluding hydrogens is 793 g/mol. The summed E-state index contributed by atoms with van der Waals surface area (Å²) >= 11 is 0. The number of carbonyl (C=O) groups is 7. The predicted molar refractivity (Wildman–Crippen MR) is 233 cm³/mol. The Hall–Kier alpha value is -6.78. The molecule has 5 rings (SSSR count). The van der Waals surface area contributed by atoms with Crippen molar-refractivity contribution in [2.45, 2.75) is 101 Å². The van der Waals surface area contributed by atoms with Gasteiger partial charge in [0.05, 0.1) is 0 Å². The summed E-state index contributed by atoms with van der Waals surface area (Å²) in [4.78, 5) is 103. The SMILES string of the molecule is CC(=O)N[C@@H](Cc1ccccc1)C(=O)N[C@H]1CCCNC(=O)C(CCCN=C(N)N)NC(=O)C(Cc2ccccc2)NC(=O)[C@@H](Cc2ccccc2)NC(=O)C2CCCN2C1=O. The van der Waals surface area contributed by atoms with Crippen LogP contribution in [0.25, 0.3) is 0 Å². The lowest BCUT2D eigenvalue weighted by molar-refractivity contribution is -0.142. The maximum absolute atomic E-state index is 14.5. The van der Waals surface area contributed by atoms with Crippen LogP contribution in [0.1, 0.15) is 62.1 Å². The van der Waals surface area contributed by atoms with Crippen LogP contribution in [-0.2, 0) is 52.8 Å². The average Bonchev–Trinajstić information content (AvgIpc) is 3.76. The van der Waals surface area contributed by atoms with Crippen molar-refractivity contribution in [3.63, 3.8) is 0 Å². The third-order valence-corrected chi connectivity index (χ3v) is 10.8. The Balaban J connectivity index is 1.47. The Kier molecular flexibility index (Phi) is 17.4. The van der Waals surface area contributed by atoms with Crippen molar-refractivity contribution in [2.24, 2.45) is 16.5 Å². The predicted octanol–water partition coefficient (Wildman–Crippen LogP) is 0.113. The first-order valence-corrected chi connectivity index (χ1v) is 21.1. The molecule has 2 saturated heterocycles. The van der Waals surface area contributed by atoms with Crippen LogP contribution < -0.4 is 43.4 Å². The van der Waals surface area contributed by atoms with Crippen molar-refractivity contribution in [3.8, 4) is 0 Å². The molecule has 330 valence electrons. The van der Waals surface area contributed by atoms with E-state index >= 15 is 0 Å². The Labute approximate surface area is 361 Å². The molecule has 0 radical (unpaired) electrons. The molecule has 0 saturated carbocycles. The molecule has 17 nitrogen and oxygen atoms in total. The smallest absolute Gasteiger partial charge is 0.245 e. The zero-order valence-electron chi connectivity index (χ0n) is 35.0. The van der Waals surface area contributed by atoms with Crippen molar-refractivity contribution >= 4 is 47.3 Å². The van der Waals surface area contributed by atoms with Gasteiger partial charge >= 0.3 is 0 Å². The third-order valence-electron chi connectivity index (χ3n) is 10.8. The van der Waals surface area contributed by atoms with E-state index in [4.69, 9.17) is 11.5 Å². The van der Waals surface area contributed by atoms with Crippen LogP contribution in [0.2, 0.25) is 0 Å². The molecule has 2 aliphatic rings. The van der Waals surface area contributed by atoms with E-state index in [0.29, 0.717) is 19.3 Å². The van der Waals surface area contributed by atoms with Crippen molar-refractivity contribution in [1.82, 2.24) is 36.8 Å². The maximum atomic E-state index is 14.5. The molecule has 7 amide bonds. The lowest BCUT2D eigenvalue weighted by atomic mass is 10.0. The molecule has 17 heteroatoms. The highest BCUT2D eigenvalue weighted by atomic mass is 16.2. The zero-order valence-corrected chi connectivity index (χ0v) is 35.0. The lowest BCUT2D eigenvalue weighted by Crippen LogP contribution is -2.60. The minimum Gasteiger partial charge on any atom is -0.370 e. The summed E-state index contributed by atoms with van der Waals surface area (Å²) < 4.78 is 0. The van der Waals surface area contributed by atoms with Gasteiger partial charge in [0.15, 0.2) is 5.96 Å². The van der Waals surface area contributed by atoms with Gasteiger partial charge in [-0.2, -0.15) is 0 Å². The number of rotatable bonds is 13. The van der Waals surface area contributed by atoms with E-state index in [-0.39, 0.29) is 64.1 Å². The summed E-state index contributed by atoms with van der Waals surface area (Å²) in [5.41, 5.74) is 13.3. The van der Waals surface area contributed by atoms with Gasteiger partial charge < -0.3 is 48.3 Å². The summed E-state index contributed by atoms with van der Waals surface area (Å²) in [7, 11) is 0. The fourth-order valence-corrected chi connectivity index (χ4v) is 7.68. The molecule has 62 heavy (non-hydrogen) atoms. The molecule has 0 aromatic heterocycles. The van der Waals surface area contributed by atoms with Gasteiger partial charge in [-0.15, -0.1) is 0 Å². The van der Waals surface area contributed by atoms with Crippen LogP contribution in [0.15, 0.2) is 96.0 Å². The number of hydrogen-bond acceptors (Lipinski definition) is 8. The summed E-state index contributed by atoms with van der Waals surface area (Å²) in [6.45, 7) is 1.77. The highest BCUT2D eigenvalue weighted by molar-refractivity contribution is 5.97. The topological polar surface area (TPSA) is 259 Å². The third kappa shape index (κ3) is 14.2. The molecule has 2 aliphatic heterocycles. The van der Waals surface area contributed by atoms with Crippen LogP contribution >= 0.6 is 0 Å². The minimum atomic E-state index is -1.17. The van der Waals surface area contributed by atoms with Crippen LogP contribution in [0, 0.1) is 0 Å². The number of benzene rings is 3. The van der Waals surface area contributed by atoms with Gasteiger partial charge in [-0.1, -0.05) is 91.0 Å². The number of carbonyl (C=O) groups excluding carboxylic acids is 7. The van der Waals surface area contributed by atoms with Gasteiger partial charge in [-0.05, 0) is 55.2 Å². The monoisotopic (exact) mass is 850 g/mol. The molecule has 3 aromatic rings. The van der Waals surface area contributed by atoms with Crippen LogP contribution in [0.3, 0.4) is 0 Å². The minimum absolute atomic E-state index is 0.0627. The standard InChI is InChI=1S/C45H58N10O7/c1-29(56)50-35(26-30-14-5-2-6-15-30)40(58)52-34-21-12-23-48-39(57)33(20-11-24-49-45(46)47)51-41(59)36(27-31-16-7-3-8-17-31)53-42(60)37(28-32-18-9-4-10-19-32)54-43(61)38-22-13-25-55(38)44(34)62/h2-10,14-19,33-38H,11-13,20-28H2,1H3,(H,48,57)(H,50,56)(H,51,59)(H,52,58)(H,53,60)(H,54,61)(H4,46,47,49)/t33?,34-,35-,36?,37+,38?/m0/s1. The lowest BCUT2D eigenvalue weighted by Gasteiger charge is -2.31. The van der Waals surface area contributed by atoms with E-state index in [2.05, 4.69) is 36.9 Å². The van der Waals surface area contributed by atoms with E-state index in [1.165, 1.54) is 11.8 Å². The van der Waals surface area contributed by atoms with Gasteiger partial charge in [0, 0.05) is 45.8 Å². The Morgan fingerprint density at radius 1 is 0.726 bits per heavy atom. The zero-order chi connectivity index (χ0) is 44.4. The van der Waals surface area contributed by atoms with Gasteiger partial charge in [0.2, 0.25) is 41.4 Å². The van der Waals surface area contributed by atoms with Crippen molar-refractivity contribution in [3.05, 3.63) is 108 Å². The van der Waals surface area contributed by atoms with E-state index in [0.717, 1.165) is 16.7 Å². The molecule has 6 atom stereocenters. The van der Waals surface area contributed by atoms with Crippen molar-refractivity contribution < 1.29 is 33.6 Å². The van der Waals surface area contributed by atoms with E-state index in [1.807, 2.05) is 91.0 Å². The number of nitrogens with one attached hydrogen (secondary N) is 6. The second-order valence-corrected chi connectivity index (χ2v) is 15.6. The highest BCUT2D eigenvalue weighted by Gasteiger charge is 2.40. The molecule has 3 unspecified atom stereocenters. The number of fused-ring (bicyclic) bond motifs is 1. The van der Waals surface area contributed by atoms with Crippen LogP contribution in [0.5, 0.6) is 0 Å². The number of nitrogens with two attached hydrogens (primary N) is 2. The number of aliphatic imine (C=N–C) groups is 1. The molecule has 3 aromatic carbocycles. The quantitative estimate of drug-likeness (QED) is 0.0659. The number of hydrogen-bond donors (Lipinski definition) is 8. The molecule has 2 fully saturated rings. The molecule has 10 N–H and O–H groups in total. The number of nitrogens with zero attached hydrogens (tertiary/aromatic N) is 2. The second kappa shape index (κ2) is 23.3. The maximum Gasteiger partial charge on any atom is 0.245 e. The highest BCUT2D eigenvalue weighted by Crippen LogP contribution is 2.21. The van der Waals surface area contributed by atoms with Gasteiger partial charge in [-0.25, -0.2) is 0 Å². The van der Waals surface area contributed by atoms with Gasteiger partial charge in [-0.3, -0.25) is 38.6 Å². The Bertz CT molecular complexity index is 2030. The molecule has 0 bridgehead atoms. The van der Waals surface area contributed by atoms with Crippen molar-refractivity contribution in [2.75, 3.05) is 19.6 Å². The van der Waals surface area contributed by atoms with Crippen LogP contribution in [-0.4, -0.2) is 108 Å². The first kappa shape index (κ1) is 46.3. The summed E-state index contributed by atoms with van der Waals surface area (Å²) in [5.74, 6) is -3.99. The number of amides is 7. The average molecular weight is 851 g/mol. The second-order valence-electron chi connectivity index (χ2n) is 15.6. The normalized spacial score (nSPS) is 22.0. The first-order valence-electron chi connectivity index (χ1n) is 21.1. The Morgan fingerprint density at radius 2 is 1.27 bits per heavy atom. The fraction of sp³-hybridized carbons (Fsp3) is 0.422. The number of guanidine groups is 1.